The van der Waals surface area contributed by atoms with Crippen molar-refractivity contribution in [2.45, 2.75) is 63.3 Å². The van der Waals surface area contributed by atoms with Crippen LogP contribution in [0.2, 0.25) is 0 Å². The number of hydrogen-bond acceptors (Lipinski definition) is 8. The molecule has 1 aliphatic rings. The molecule has 212 valence electrons. The number of aromatic nitrogens is 2. The van der Waals surface area contributed by atoms with Gasteiger partial charge in [0.2, 0.25) is 0 Å². The van der Waals surface area contributed by atoms with Crippen LogP contribution in [0.15, 0.2) is 35.7 Å². The number of hydrogen-bond donors (Lipinski definition) is 3. The van der Waals surface area contributed by atoms with Crippen LogP contribution in [0.3, 0.4) is 0 Å². The van der Waals surface area contributed by atoms with Gasteiger partial charge >= 0.3 is 0 Å². The Morgan fingerprint density at radius 3 is 2.68 bits per heavy atom. The summed E-state index contributed by atoms with van der Waals surface area (Å²) in [5, 5.41) is 13.0. The molecule has 0 saturated carbocycles. The number of rotatable bonds is 7. The van der Waals surface area contributed by atoms with E-state index >= 15 is 0 Å². The number of aryl methyl sites for hydroxylation is 1. The van der Waals surface area contributed by atoms with E-state index in [0.717, 1.165) is 19.3 Å². The van der Waals surface area contributed by atoms with E-state index in [0.29, 0.717) is 25.4 Å². The van der Waals surface area contributed by atoms with Crippen molar-refractivity contribution >= 4 is 21.6 Å². The van der Waals surface area contributed by atoms with Gasteiger partial charge < -0.3 is 29.4 Å². The Kier molecular flexibility index (Phi) is 10.5. The molecule has 2 heterocycles. The highest BCUT2D eigenvalue weighted by Gasteiger charge is 2.30. The molecular weight excluding hydrogens is 510 g/mol. The Balaban J connectivity index is 2.02. The van der Waals surface area contributed by atoms with E-state index < -0.39 is 16.1 Å². The molecule has 0 aliphatic carbocycles. The lowest BCUT2D eigenvalue weighted by atomic mass is 10.0. The van der Waals surface area contributed by atoms with E-state index in [4.69, 9.17) is 9.47 Å². The third-order valence-electron chi connectivity index (χ3n) is 6.67. The Hall–Kier alpha value is -2.67. The minimum Gasteiger partial charge on any atom is -0.490 e. The molecule has 2 aromatic rings. The lowest BCUT2D eigenvalue weighted by Crippen LogP contribution is -2.47. The van der Waals surface area contributed by atoms with Gasteiger partial charge in [-0.1, -0.05) is 6.92 Å². The Bertz CT molecular complexity index is 1170. The first-order chi connectivity index (χ1) is 18.1. The fourth-order valence-electron chi connectivity index (χ4n) is 4.41. The molecule has 38 heavy (non-hydrogen) atoms. The molecular formula is C26H41N5O6S. The Morgan fingerprint density at radius 2 is 2.03 bits per heavy atom. The highest BCUT2D eigenvalue weighted by molar-refractivity contribution is 7.92. The molecule has 3 N–H and O–H groups in total. The minimum absolute atomic E-state index is 0.0301. The number of nitrogens with zero attached hydrogens (tertiary/aromatic N) is 3. The first-order valence-corrected chi connectivity index (χ1v) is 14.5. The predicted octanol–water partition coefficient (Wildman–Crippen LogP) is 2.24. The van der Waals surface area contributed by atoms with E-state index in [1.54, 1.807) is 31.0 Å². The summed E-state index contributed by atoms with van der Waals surface area (Å²) in [5.41, 5.74) is 0.426. The van der Waals surface area contributed by atoms with E-state index in [1.807, 2.05) is 20.9 Å². The number of amides is 1. The lowest BCUT2D eigenvalue weighted by molar-refractivity contribution is -0.000450. The van der Waals surface area contributed by atoms with Crippen molar-refractivity contribution in [3.05, 3.63) is 36.3 Å². The zero-order chi connectivity index (χ0) is 27.9. The zero-order valence-corrected chi connectivity index (χ0v) is 23.7. The highest BCUT2D eigenvalue weighted by Crippen LogP contribution is 2.29. The summed E-state index contributed by atoms with van der Waals surface area (Å²) < 4.78 is 42.2. The number of ether oxygens (including phenoxy) is 2. The largest absolute Gasteiger partial charge is 0.490 e. The van der Waals surface area contributed by atoms with Crippen molar-refractivity contribution in [1.82, 2.24) is 19.8 Å². The minimum atomic E-state index is -3.96. The molecule has 0 radical (unpaired) electrons. The summed E-state index contributed by atoms with van der Waals surface area (Å²) in [6.45, 7) is 7.10. The number of likely N-dealkylation sites (N-methyl/N-ethyl adjacent to an activating group) is 1. The van der Waals surface area contributed by atoms with E-state index in [-0.39, 0.29) is 46.9 Å². The van der Waals surface area contributed by atoms with Crippen molar-refractivity contribution in [3.63, 3.8) is 0 Å². The molecule has 0 bridgehead atoms. The average Bonchev–Trinajstić information content (AvgIpc) is 3.33. The number of nitrogens with one attached hydrogen (secondary N) is 2. The van der Waals surface area contributed by atoms with Crippen molar-refractivity contribution in [2.24, 2.45) is 13.0 Å². The van der Waals surface area contributed by atoms with Crippen LogP contribution in [-0.2, 0) is 21.8 Å². The van der Waals surface area contributed by atoms with Crippen molar-refractivity contribution < 1.29 is 27.8 Å². The first-order valence-electron chi connectivity index (χ1n) is 13.0. The van der Waals surface area contributed by atoms with Crippen LogP contribution in [0.5, 0.6) is 5.75 Å². The number of carbonyl (C=O) groups excluding carboxylic acids is 1. The van der Waals surface area contributed by atoms with Crippen LogP contribution in [0.25, 0.3) is 0 Å². The highest BCUT2D eigenvalue weighted by atomic mass is 32.2. The number of sulfonamides is 1. The van der Waals surface area contributed by atoms with Crippen molar-refractivity contribution in [3.8, 4) is 5.75 Å². The van der Waals surface area contributed by atoms with Crippen LogP contribution < -0.4 is 14.8 Å². The number of anilines is 1. The maximum atomic E-state index is 14.0. The fraction of sp³-hybridized carbons (Fsp3) is 0.615. The number of benzene rings is 1. The van der Waals surface area contributed by atoms with Crippen LogP contribution in [0, 0.1) is 5.92 Å². The second-order valence-corrected chi connectivity index (χ2v) is 11.7. The molecule has 3 rings (SSSR count). The van der Waals surface area contributed by atoms with E-state index in [1.165, 1.54) is 23.2 Å². The standard InChI is InChI=1S/C26H41N5O6S/c1-18-14-31(19(2)16-32)26(33)22-12-21(29-38(34,35)25-15-30(5)17-28-25)9-10-23(22)37-20(3)8-6-7-11-36-24(18)13-27-4/h9-10,12,15,17-20,24,27,29,32H,6-8,11,13-14,16H2,1-5H3/t18-,19+,20-,24-/m1/s1. The molecule has 11 nitrogen and oxygen atoms in total. The van der Waals surface area contributed by atoms with Gasteiger partial charge in [-0.3, -0.25) is 9.52 Å². The number of imidazole rings is 1. The van der Waals surface area contributed by atoms with Gasteiger partial charge in [0, 0.05) is 44.5 Å². The maximum Gasteiger partial charge on any atom is 0.280 e. The molecule has 1 aromatic heterocycles. The lowest BCUT2D eigenvalue weighted by Gasteiger charge is -2.34. The van der Waals surface area contributed by atoms with Gasteiger partial charge in [-0.15, -0.1) is 0 Å². The quantitative estimate of drug-likeness (QED) is 0.477. The molecule has 4 atom stereocenters. The fourth-order valence-corrected chi connectivity index (χ4v) is 5.45. The SMILES string of the molecule is CNC[C@H]1OCCCC[C@@H](C)Oc2ccc(NS(=O)(=O)c3cn(C)cn3)cc2C(=O)N([C@@H](C)CO)C[C@H]1C. The maximum absolute atomic E-state index is 14.0. The molecule has 0 unspecified atom stereocenters. The van der Waals surface area contributed by atoms with Crippen LogP contribution in [0.1, 0.15) is 50.4 Å². The van der Waals surface area contributed by atoms with Gasteiger partial charge in [0.05, 0.1) is 36.7 Å². The summed E-state index contributed by atoms with van der Waals surface area (Å²) >= 11 is 0. The van der Waals surface area contributed by atoms with Gasteiger partial charge in [0.15, 0.2) is 5.03 Å². The molecule has 1 amide bonds. The summed E-state index contributed by atoms with van der Waals surface area (Å²) in [7, 11) is -0.420. The second kappa shape index (κ2) is 13.4. The summed E-state index contributed by atoms with van der Waals surface area (Å²) in [5.74, 6) is -0.0246. The van der Waals surface area contributed by atoms with Crippen molar-refractivity contribution in [1.29, 1.82) is 0 Å². The Morgan fingerprint density at radius 1 is 1.26 bits per heavy atom. The average molecular weight is 552 g/mol. The number of aliphatic hydroxyl groups excluding tert-OH is 1. The van der Waals surface area contributed by atoms with E-state index in [9.17, 15) is 18.3 Å². The van der Waals surface area contributed by atoms with Gasteiger partial charge in [0.1, 0.15) is 5.75 Å². The predicted molar refractivity (Wildman–Crippen MR) is 145 cm³/mol. The monoisotopic (exact) mass is 551 g/mol. The molecule has 0 spiro atoms. The first kappa shape index (κ1) is 29.9. The third-order valence-corrected chi connectivity index (χ3v) is 7.93. The third kappa shape index (κ3) is 7.68. The topological polar surface area (TPSA) is 135 Å². The number of fused-ring (bicyclic) bond motifs is 1. The number of carbonyl (C=O) groups is 1. The van der Waals surface area contributed by atoms with Gasteiger partial charge in [-0.05, 0) is 58.4 Å². The van der Waals surface area contributed by atoms with Gasteiger partial charge in [-0.2, -0.15) is 8.42 Å². The van der Waals surface area contributed by atoms with Crippen LogP contribution in [-0.4, -0.2) is 85.5 Å². The van der Waals surface area contributed by atoms with Gasteiger partial charge in [-0.25, -0.2) is 4.98 Å². The smallest absolute Gasteiger partial charge is 0.280 e. The summed E-state index contributed by atoms with van der Waals surface area (Å²) in [6, 6.07) is 4.19. The van der Waals surface area contributed by atoms with Crippen LogP contribution in [0.4, 0.5) is 5.69 Å². The van der Waals surface area contributed by atoms with Crippen LogP contribution >= 0.6 is 0 Å². The molecule has 1 aromatic carbocycles. The Labute approximate surface area is 225 Å². The molecule has 1 aliphatic heterocycles. The van der Waals surface area contributed by atoms with E-state index in [2.05, 4.69) is 15.0 Å². The molecule has 0 saturated heterocycles. The zero-order valence-electron chi connectivity index (χ0n) is 22.9. The molecule has 12 heteroatoms. The normalized spacial score (nSPS) is 22.7. The van der Waals surface area contributed by atoms with Gasteiger partial charge in [0.25, 0.3) is 15.9 Å². The molecule has 0 fully saturated rings. The summed E-state index contributed by atoms with van der Waals surface area (Å²) in [4.78, 5) is 19.5. The summed E-state index contributed by atoms with van der Waals surface area (Å²) in [6.07, 6.45) is 5.07. The second-order valence-electron chi connectivity index (χ2n) is 10.1. The van der Waals surface area contributed by atoms with Crippen molar-refractivity contribution in [2.75, 3.05) is 38.1 Å². The number of aliphatic hydroxyl groups is 1.